The van der Waals surface area contributed by atoms with Crippen LogP contribution in [0.1, 0.15) is 25.7 Å². The maximum atomic E-state index is 11.7. The van der Waals surface area contributed by atoms with Crippen LogP contribution in [0.3, 0.4) is 0 Å². The van der Waals surface area contributed by atoms with E-state index in [1.807, 2.05) is 15.0 Å². The first kappa shape index (κ1) is 17.9. The zero-order chi connectivity index (χ0) is 17.3. The number of halogens is 1. The molecule has 0 amide bonds. The molecule has 0 radical (unpaired) electrons. The number of sulfonamides is 1. The van der Waals surface area contributed by atoms with Gasteiger partial charge in [-0.1, -0.05) is 0 Å². The third-order valence-electron chi connectivity index (χ3n) is 4.88. The Kier molecular flexibility index (Phi) is 5.30. The zero-order valence-electron chi connectivity index (χ0n) is 13.8. The first-order valence-corrected chi connectivity index (χ1v) is 10.6. The molecule has 0 unspecified atom stereocenters. The summed E-state index contributed by atoms with van der Waals surface area (Å²) < 4.78 is 27.8. The van der Waals surface area contributed by atoms with Crippen molar-refractivity contribution in [1.82, 2.24) is 17.5 Å². The molecule has 0 bridgehead atoms. The van der Waals surface area contributed by atoms with Gasteiger partial charge in [0.1, 0.15) is 12.1 Å². The standard InChI is InChI=1S/C15H22IN5O2S/c1-17-24(22,23)9-11-3-5-12(6-4-11)20(2)14-13-7-8-21(16)15(13)19-10-18-14/h7-8,10-12,17H,3-6,9H2,1-2H3/t11-,12-. The van der Waals surface area contributed by atoms with Crippen molar-refractivity contribution in [2.75, 3.05) is 24.7 Å². The Morgan fingerprint density at radius 2 is 2.04 bits per heavy atom. The molecule has 0 spiro atoms. The van der Waals surface area contributed by atoms with Gasteiger partial charge in [0.25, 0.3) is 0 Å². The molecule has 0 saturated heterocycles. The molecule has 0 aromatic carbocycles. The Balaban J connectivity index is 1.70. The van der Waals surface area contributed by atoms with E-state index in [0.29, 0.717) is 6.04 Å². The predicted molar refractivity (Wildman–Crippen MR) is 104 cm³/mol. The normalized spacial score (nSPS) is 22.0. The van der Waals surface area contributed by atoms with Gasteiger partial charge < -0.3 is 4.90 Å². The van der Waals surface area contributed by atoms with E-state index in [0.717, 1.165) is 42.5 Å². The summed E-state index contributed by atoms with van der Waals surface area (Å²) in [6.45, 7) is 0. The molecule has 1 fully saturated rings. The Morgan fingerprint density at radius 3 is 2.71 bits per heavy atom. The molecular formula is C15H22IN5O2S. The molecule has 24 heavy (non-hydrogen) atoms. The number of nitrogens with one attached hydrogen (secondary N) is 1. The van der Waals surface area contributed by atoms with Gasteiger partial charge in [0, 0.05) is 19.3 Å². The lowest BCUT2D eigenvalue weighted by molar-refractivity contribution is 0.340. The molecule has 1 saturated carbocycles. The monoisotopic (exact) mass is 463 g/mol. The van der Waals surface area contributed by atoms with E-state index >= 15 is 0 Å². The highest BCUT2D eigenvalue weighted by Gasteiger charge is 2.28. The summed E-state index contributed by atoms with van der Waals surface area (Å²) in [5.74, 6) is 1.42. The van der Waals surface area contributed by atoms with Crippen LogP contribution in [-0.2, 0) is 10.0 Å². The van der Waals surface area contributed by atoms with E-state index in [9.17, 15) is 8.42 Å². The maximum absolute atomic E-state index is 11.7. The fraction of sp³-hybridized carbons (Fsp3) is 0.600. The van der Waals surface area contributed by atoms with E-state index in [1.54, 1.807) is 6.33 Å². The number of anilines is 1. The van der Waals surface area contributed by atoms with Crippen molar-refractivity contribution in [2.45, 2.75) is 31.7 Å². The Hall–Kier alpha value is -0.940. The van der Waals surface area contributed by atoms with E-state index in [-0.39, 0.29) is 11.7 Å². The second-order valence-corrected chi connectivity index (χ2v) is 9.34. The SMILES string of the molecule is CNS(=O)(=O)C[C@H]1CC[C@H](N(C)c2ncnc3c2ccn3I)CC1. The minimum absolute atomic E-state index is 0.232. The van der Waals surface area contributed by atoms with Crippen molar-refractivity contribution in [3.8, 4) is 0 Å². The van der Waals surface area contributed by atoms with Gasteiger partial charge in [-0.25, -0.2) is 23.1 Å². The second kappa shape index (κ2) is 7.12. The highest BCUT2D eigenvalue weighted by Crippen LogP contribution is 2.32. The molecule has 3 rings (SSSR count). The van der Waals surface area contributed by atoms with Crippen LogP contribution < -0.4 is 9.62 Å². The highest BCUT2D eigenvalue weighted by atomic mass is 127. The van der Waals surface area contributed by atoms with Gasteiger partial charge in [-0.3, -0.25) is 2.78 Å². The van der Waals surface area contributed by atoms with Gasteiger partial charge in [-0.2, -0.15) is 0 Å². The quantitative estimate of drug-likeness (QED) is 0.688. The Bertz CT molecular complexity index is 814. The lowest BCUT2D eigenvalue weighted by Crippen LogP contribution is -2.37. The average molecular weight is 463 g/mol. The molecule has 0 aliphatic heterocycles. The third-order valence-corrected chi connectivity index (χ3v) is 7.19. The number of nitrogens with zero attached hydrogens (tertiary/aromatic N) is 4. The highest BCUT2D eigenvalue weighted by molar-refractivity contribution is 14.1. The number of rotatable bonds is 5. The summed E-state index contributed by atoms with van der Waals surface area (Å²) in [6.07, 6.45) is 7.41. The van der Waals surface area contributed by atoms with Crippen LogP contribution in [-0.4, -0.2) is 47.1 Å². The smallest absolute Gasteiger partial charge is 0.211 e. The number of hydrogen-bond donors (Lipinski definition) is 1. The lowest BCUT2D eigenvalue weighted by atomic mass is 9.86. The summed E-state index contributed by atoms with van der Waals surface area (Å²) in [6, 6.07) is 2.42. The number of hydrogen-bond acceptors (Lipinski definition) is 5. The van der Waals surface area contributed by atoms with Gasteiger partial charge in [0.15, 0.2) is 5.65 Å². The van der Waals surface area contributed by atoms with E-state index in [1.165, 1.54) is 7.05 Å². The molecule has 9 heteroatoms. The van der Waals surface area contributed by atoms with Crippen molar-refractivity contribution in [2.24, 2.45) is 5.92 Å². The molecular weight excluding hydrogens is 441 g/mol. The van der Waals surface area contributed by atoms with Crippen LogP contribution in [0.25, 0.3) is 11.0 Å². The second-order valence-electron chi connectivity index (χ2n) is 6.33. The van der Waals surface area contributed by atoms with Crippen LogP contribution in [0.5, 0.6) is 0 Å². The molecule has 2 aromatic heterocycles. The van der Waals surface area contributed by atoms with Crippen molar-refractivity contribution in [1.29, 1.82) is 0 Å². The van der Waals surface area contributed by atoms with E-state index in [2.05, 4.69) is 49.5 Å². The van der Waals surface area contributed by atoms with Crippen LogP contribution in [0.15, 0.2) is 18.6 Å². The van der Waals surface area contributed by atoms with Gasteiger partial charge in [0.05, 0.1) is 34.0 Å². The Morgan fingerprint density at radius 1 is 1.33 bits per heavy atom. The van der Waals surface area contributed by atoms with Crippen molar-refractivity contribution in [3.63, 3.8) is 0 Å². The molecule has 7 nitrogen and oxygen atoms in total. The fourth-order valence-corrected chi connectivity index (χ4v) is 5.12. The molecule has 1 N–H and O–H groups in total. The number of aromatic nitrogens is 3. The third kappa shape index (κ3) is 3.67. The first-order valence-electron chi connectivity index (χ1n) is 8.03. The summed E-state index contributed by atoms with van der Waals surface area (Å²) in [4.78, 5) is 11.0. The van der Waals surface area contributed by atoms with Gasteiger partial charge in [-0.05, 0) is 44.7 Å². The summed E-state index contributed by atoms with van der Waals surface area (Å²) >= 11 is 2.21. The van der Waals surface area contributed by atoms with Crippen LogP contribution in [0.2, 0.25) is 0 Å². The molecule has 132 valence electrons. The van der Waals surface area contributed by atoms with Crippen molar-refractivity contribution < 1.29 is 8.42 Å². The summed E-state index contributed by atoms with van der Waals surface area (Å²) in [5.41, 5.74) is 0.918. The minimum Gasteiger partial charge on any atom is -0.356 e. The minimum atomic E-state index is -3.12. The summed E-state index contributed by atoms with van der Waals surface area (Å²) in [5, 5.41) is 1.05. The average Bonchev–Trinajstić information content (AvgIpc) is 2.96. The first-order chi connectivity index (χ1) is 11.4. The Labute approximate surface area is 156 Å². The van der Waals surface area contributed by atoms with Gasteiger partial charge >= 0.3 is 0 Å². The van der Waals surface area contributed by atoms with Crippen LogP contribution in [0.4, 0.5) is 5.82 Å². The molecule has 0 atom stereocenters. The lowest BCUT2D eigenvalue weighted by Gasteiger charge is -2.35. The fourth-order valence-electron chi connectivity index (χ4n) is 3.45. The molecule has 1 aliphatic carbocycles. The van der Waals surface area contributed by atoms with Gasteiger partial charge in [-0.15, -0.1) is 0 Å². The summed E-state index contributed by atoms with van der Waals surface area (Å²) in [7, 11) is 0.429. The van der Waals surface area contributed by atoms with Gasteiger partial charge in [0.2, 0.25) is 10.0 Å². The van der Waals surface area contributed by atoms with Crippen LogP contribution >= 0.6 is 22.9 Å². The predicted octanol–water partition coefficient (Wildman–Crippen LogP) is 2.17. The zero-order valence-corrected chi connectivity index (χ0v) is 16.8. The van der Waals surface area contributed by atoms with Crippen LogP contribution in [0, 0.1) is 5.92 Å². The topological polar surface area (TPSA) is 80.1 Å². The largest absolute Gasteiger partial charge is 0.356 e. The molecule has 1 aliphatic rings. The van der Waals surface area contributed by atoms with E-state index < -0.39 is 10.0 Å². The van der Waals surface area contributed by atoms with Crippen molar-refractivity contribution in [3.05, 3.63) is 18.6 Å². The molecule has 2 aromatic rings. The maximum Gasteiger partial charge on any atom is 0.211 e. The van der Waals surface area contributed by atoms with Crippen molar-refractivity contribution >= 4 is 49.7 Å². The number of fused-ring (bicyclic) bond motifs is 1. The van der Waals surface area contributed by atoms with E-state index in [4.69, 9.17) is 0 Å². The molecule has 2 heterocycles.